The minimum atomic E-state index is -0.299. The van der Waals surface area contributed by atoms with Gasteiger partial charge in [-0.2, -0.15) is 0 Å². The van der Waals surface area contributed by atoms with Crippen molar-refractivity contribution in [2.45, 2.75) is 27.7 Å². The average Bonchev–Trinajstić information content (AvgIpc) is 2.89. The Labute approximate surface area is 159 Å². The number of nitrogens with one attached hydrogen (secondary N) is 1. The van der Waals surface area contributed by atoms with E-state index in [1.54, 1.807) is 6.92 Å². The van der Waals surface area contributed by atoms with Crippen molar-refractivity contribution in [3.8, 4) is 5.75 Å². The fraction of sp³-hybridized carbons (Fsp3) is 0.273. The molecule has 1 N–H and O–H groups in total. The average molecular weight is 364 g/mol. The van der Waals surface area contributed by atoms with Crippen LogP contribution in [0.15, 0.2) is 48.2 Å². The van der Waals surface area contributed by atoms with Gasteiger partial charge in [0.1, 0.15) is 11.4 Å². The van der Waals surface area contributed by atoms with Crippen molar-refractivity contribution in [1.82, 2.24) is 4.90 Å². The first-order valence-electron chi connectivity index (χ1n) is 9.14. The molecule has 0 bridgehead atoms. The van der Waals surface area contributed by atoms with Crippen molar-refractivity contribution in [2.75, 3.05) is 18.5 Å². The zero-order chi connectivity index (χ0) is 19.6. The van der Waals surface area contributed by atoms with Gasteiger partial charge in [0.05, 0.1) is 12.2 Å². The van der Waals surface area contributed by atoms with E-state index in [-0.39, 0.29) is 11.8 Å². The molecule has 5 heteroatoms. The molecule has 1 aliphatic rings. The molecule has 3 rings (SSSR count). The van der Waals surface area contributed by atoms with E-state index in [9.17, 15) is 9.59 Å². The molecule has 0 aliphatic carbocycles. The summed E-state index contributed by atoms with van der Waals surface area (Å²) in [5, 5.41) is 3.22. The molecule has 0 saturated carbocycles. The van der Waals surface area contributed by atoms with Crippen molar-refractivity contribution >= 4 is 23.1 Å². The molecule has 140 valence electrons. The summed E-state index contributed by atoms with van der Waals surface area (Å²) in [6.07, 6.45) is 0. The van der Waals surface area contributed by atoms with Crippen molar-refractivity contribution in [2.24, 2.45) is 0 Å². The molecule has 2 amide bonds. The Morgan fingerprint density at radius 2 is 1.67 bits per heavy atom. The van der Waals surface area contributed by atoms with E-state index in [1.165, 1.54) is 4.90 Å². The van der Waals surface area contributed by atoms with Crippen LogP contribution in [0.4, 0.5) is 5.69 Å². The van der Waals surface area contributed by atoms with Gasteiger partial charge in [-0.15, -0.1) is 0 Å². The van der Waals surface area contributed by atoms with Crippen LogP contribution in [0, 0.1) is 13.8 Å². The van der Waals surface area contributed by atoms with E-state index in [4.69, 9.17) is 4.74 Å². The first-order valence-corrected chi connectivity index (χ1v) is 9.14. The number of carbonyl (C=O) groups is 2. The van der Waals surface area contributed by atoms with Crippen LogP contribution in [0.25, 0.3) is 5.57 Å². The third kappa shape index (κ3) is 3.58. The van der Waals surface area contributed by atoms with Gasteiger partial charge in [-0.05, 0) is 62.6 Å². The molecule has 0 saturated heterocycles. The third-order valence-electron chi connectivity index (χ3n) is 4.59. The number of likely N-dealkylation sites (N-methyl/N-ethyl adjacent to an activating group) is 1. The number of rotatable bonds is 6. The largest absolute Gasteiger partial charge is 0.494 e. The van der Waals surface area contributed by atoms with Gasteiger partial charge < -0.3 is 10.1 Å². The molecule has 1 heterocycles. The molecule has 1 aliphatic heterocycles. The summed E-state index contributed by atoms with van der Waals surface area (Å²) >= 11 is 0. The van der Waals surface area contributed by atoms with E-state index in [0.29, 0.717) is 30.0 Å². The molecule has 0 radical (unpaired) electrons. The van der Waals surface area contributed by atoms with E-state index in [0.717, 1.165) is 22.6 Å². The Morgan fingerprint density at radius 1 is 0.963 bits per heavy atom. The van der Waals surface area contributed by atoms with Crippen LogP contribution < -0.4 is 10.1 Å². The highest BCUT2D eigenvalue weighted by molar-refractivity contribution is 6.36. The molecular weight excluding hydrogens is 340 g/mol. The Hall–Kier alpha value is -3.08. The number of aryl methyl sites for hydroxylation is 2. The normalized spacial score (nSPS) is 14.1. The van der Waals surface area contributed by atoms with Gasteiger partial charge in [0.25, 0.3) is 11.8 Å². The maximum absolute atomic E-state index is 12.9. The van der Waals surface area contributed by atoms with Crippen molar-refractivity contribution in [3.63, 3.8) is 0 Å². The quantitative estimate of drug-likeness (QED) is 0.790. The van der Waals surface area contributed by atoms with E-state index in [2.05, 4.69) is 5.32 Å². The second-order valence-electron chi connectivity index (χ2n) is 6.51. The molecule has 0 fully saturated rings. The van der Waals surface area contributed by atoms with Gasteiger partial charge in [0.15, 0.2) is 0 Å². The minimum absolute atomic E-state index is 0.278. The molecule has 0 aromatic heterocycles. The lowest BCUT2D eigenvalue weighted by Gasteiger charge is -2.13. The van der Waals surface area contributed by atoms with E-state index >= 15 is 0 Å². The Bertz CT molecular complexity index is 914. The Balaban J connectivity index is 2.07. The summed E-state index contributed by atoms with van der Waals surface area (Å²) in [6.45, 7) is 8.58. The first kappa shape index (κ1) is 18.7. The lowest BCUT2D eigenvalue weighted by Crippen LogP contribution is -2.32. The number of hydrogen-bond donors (Lipinski definition) is 1. The number of carbonyl (C=O) groups excluding carboxylic acids is 2. The smallest absolute Gasteiger partial charge is 0.278 e. The monoisotopic (exact) mass is 364 g/mol. The maximum atomic E-state index is 12.9. The molecule has 0 unspecified atom stereocenters. The standard InChI is InChI=1S/C22H24N2O3/c1-5-24-21(25)19(16-9-11-17(12-10-16)27-6-2)20(22(24)26)23-18-13-14(3)7-8-15(18)4/h7-13,23H,5-6H2,1-4H3. The lowest BCUT2D eigenvalue weighted by molar-refractivity contribution is -0.136. The van der Waals surface area contributed by atoms with Crippen LogP contribution in [-0.2, 0) is 9.59 Å². The predicted octanol–water partition coefficient (Wildman–Crippen LogP) is 3.91. The van der Waals surface area contributed by atoms with Gasteiger partial charge in [0, 0.05) is 12.2 Å². The first-order chi connectivity index (χ1) is 13.0. The van der Waals surface area contributed by atoms with Crippen LogP contribution in [0.5, 0.6) is 5.75 Å². The highest BCUT2D eigenvalue weighted by Crippen LogP contribution is 2.32. The van der Waals surface area contributed by atoms with Gasteiger partial charge >= 0.3 is 0 Å². The fourth-order valence-electron chi connectivity index (χ4n) is 3.14. The van der Waals surface area contributed by atoms with Crippen LogP contribution in [0.2, 0.25) is 0 Å². The molecule has 5 nitrogen and oxygen atoms in total. The number of hydrogen-bond acceptors (Lipinski definition) is 4. The van der Waals surface area contributed by atoms with E-state index < -0.39 is 0 Å². The number of imide groups is 1. The summed E-state index contributed by atoms with van der Waals surface area (Å²) in [5.74, 6) is 0.154. The zero-order valence-electron chi connectivity index (χ0n) is 16.1. The van der Waals surface area contributed by atoms with Gasteiger partial charge in [-0.3, -0.25) is 14.5 Å². The molecular formula is C22H24N2O3. The number of ether oxygens (including phenoxy) is 1. The third-order valence-corrected chi connectivity index (χ3v) is 4.59. The molecule has 2 aromatic rings. The topological polar surface area (TPSA) is 58.6 Å². The lowest BCUT2D eigenvalue weighted by atomic mass is 10.0. The van der Waals surface area contributed by atoms with Crippen LogP contribution in [0.3, 0.4) is 0 Å². The van der Waals surface area contributed by atoms with Crippen LogP contribution in [-0.4, -0.2) is 29.9 Å². The number of anilines is 1. The predicted molar refractivity (Wildman–Crippen MR) is 106 cm³/mol. The summed E-state index contributed by atoms with van der Waals surface area (Å²) in [5.41, 5.74) is 4.32. The molecule has 0 atom stereocenters. The van der Waals surface area contributed by atoms with Gasteiger partial charge in [-0.1, -0.05) is 24.3 Å². The second-order valence-corrected chi connectivity index (χ2v) is 6.51. The van der Waals surface area contributed by atoms with Gasteiger partial charge in [-0.25, -0.2) is 0 Å². The summed E-state index contributed by atoms with van der Waals surface area (Å²) in [6, 6.07) is 13.2. The van der Waals surface area contributed by atoms with Crippen LogP contribution in [0.1, 0.15) is 30.5 Å². The van der Waals surface area contributed by atoms with Crippen molar-refractivity contribution in [1.29, 1.82) is 0 Å². The highest BCUT2D eigenvalue weighted by Gasteiger charge is 2.38. The highest BCUT2D eigenvalue weighted by atomic mass is 16.5. The number of nitrogens with zero attached hydrogens (tertiary/aromatic N) is 1. The fourth-order valence-corrected chi connectivity index (χ4v) is 3.14. The number of amides is 2. The molecule has 27 heavy (non-hydrogen) atoms. The summed E-state index contributed by atoms with van der Waals surface area (Å²) < 4.78 is 5.47. The minimum Gasteiger partial charge on any atom is -0.494 e. The summed E-state index contributed by atoms with van der Waals surface area (Å²) in [4.78, 5) is 27.0. The maximum Gasteiger partial charge on any atom is 0.278 e. The second kappa shape index (κ2) is 7.66. The Morgan fingerprint density at radius 3 is 2.30 bits per heavy atom. The zero-order valence-corrected chi connectivity index (χ0v) is 16.1. The SMILES string of the molecule is CCOc1ccc(C2=C(Nc3cc(C)ccc3C)C(=O)N(CC)C2=O)cc1. The van der Waals surface area contributed by atoms with Crippen molar-refractivity contribution < 1.29 is 14.3 Å². The van der Waals surface area contributed by atoms with Crippen molar-refractivity contribution in [3.05, 3.63) is 64.9 Å². The molecule has 0 spiro atoms. The van der Waals surface area contributed by atoms with Crippen LogP contribution >= 0.6 is 0 Å². The number of benzene rings is 2. The Kier molecular flexibility index (Phi) is 5.31. The molecule has 2 aromatic carbocycles. The van der Waals surface area contributed by atoms with Gasteiger partial charge in [0.2, 0.25) is 0 Å². The van der Waals surface area contributed by atoms with E-state index in [1.807, 2.05) is 63.2 Å². The summed E-state index contributed by atoms with van der Waals surface area (Å²) in [7, 11) is 0.